The van der Waals surface area contributed by atoms with Crippen LogP contribution in [0.1, 0.15) is 0 Å². The van der Waals surface area contributed by atoms with E-state index in [1.165, 1.54) is 0 Å². The van der Waals surface area contributed by atoms with E-state index >= 15 is 0 Å². The van der Waals surface area contributed by atoms with Crippen molar-refractivity contribution in [3.63, 3.8) is 0 Å². The van der Waals surface area contributed by atoms with Crippen molar-refractivity contribution in [3.8, 4) is 0 Å². The quantitative estimate of drug-likeness (QED) is 0.520. The van der Waals surface area contributed by atoms with Crippen LogP contribution in [0.2, 0.25) is 0 Å². The summed E-state index contributed by atoms with van der Waals surface area (Å²) in [6, 6.07) is 0. The zero-order valence-corrected chi connectivity index (χ0v) is 6.82. The summed E-state index contributed by atoms with van der Waals surface area (Å²) in [5.41, 5.74) is 0. The largest absolute Gasteiger partial charge is 0.326 e. The molecule has 0 bridgehead atoms. The van der Waals surface area contributed by atoms with Crippen molar-refractivity contribution < 1.29 is 26.7 Å². The van der Waals surface area contributed by atoms with Gasteiger partial charge in [-0.15, -0.1) is 0 Å². The fraction of sp³-hybridized carbons (Fsp3) is 0.200. The predicted octanol–water partition coefficient (Wildman–Crippen LogP) is 3.39. The Bertz CT molecular complexity index is 230. The first-order valence-electron chi connectivity index (χ1n) is 2.62. The lowest BCUT2D eigenvalue weighted by atomic mass is 11.1. The molecule has 2 nitrogen and oxygen atoms in total. The molecule has 70 valence electrons. The summed E-state index contributed by atoms with van der Waals surface area (Å²) in [4.78, 5) is 0. The third-order valence-electron chi connectivity index (χ3n) is 0.840. The monoisotopic (exact) mass is 204 g/mol. The topological polar surface area (TPSA) is 26.3 Å². The number of halogens is 4. The Kier molecular flexibility index (Phi) is 4.20. The molecule has 7 heteroatoms. The van der Waals surface area contributed by atoms with Crippen molar-refractivity contribution in [1.29, 1.82) is 0 Å². The molecule has 0 spiro atoms. The number of hydrogen-bond acceptors (Lipinski definition) is 2. The summed E-state index contributed by atoms with van der Waals surface area (Å²) in [5.74, 6) is -0.266. The SMILES string of the molecule is COP(=O)(C=C(F)F)C=C(F)F. The maximum absolute atomic E-state index is 11.5. The molecule has 12 heavy (non-hydrogen) atoms. The van der Waals surface area contributed by atoms with Gasteiger partial charge < -0.3 is 4.52 Å². The molecule has 0 heterocycles. The van der Waals surface area contributed by atoms with E-state index in [0.717, 1.165) is 7.11 Å². The molecule has 0 rings (SSSR count). The fourth-order valence-electron chi connectivity index (χ4n) is 0.415. The van der Waals surface area contributed by atoms with Gasteiger partial charge in [0.05, 0.1) is 11.6 Å². The number of rotatable bonds is 3. The molecule has 0 atom stereocenters. The van der Waals surface area contributed by atoms with Crippen molar-refractivity contribution in [2.45, 2.75) is 0 Å². The molecular weight excluding hydrogens is 199 g/mol. The van der Waals surface area contributed by atoms with Gasteiger partial charge in [-0.2, -0.15) is 17.6 Å². The van der Waals surface area contributed by atoms with Gasteiger partial charge in [0.15, 0.2) is 0 Å². The van der Waals surface area contributed by atoms with E-state index in [4.69, 9.17) is 0 Å². The van der Waals surface area contributed by atoms with Gasteiger partial charge in [0, 0.05) is 7.11 Å². The molecule has 0 saturated carbocycles. The lowest BCUT2D eigenvalue weighted by molar-refractivity contribution is 0.391. The van der Waals surface area contributed by atoms with E-state index in [2.05, 4.69) is 4.52 Å². The second-order valence-corrected chi connectivity index (χ2v) is 3.84. The minimum absolute atomic E-state index is 0.133. The van der Waals surface area contributed by atoms with Gasteiger partial charge in [-0.25, -0.2) is 0 Å². The van der Waals surface area contributed by atoms with E-state index in [1.54, 1.807) is 0 Å². The molecule has 0 aromatic heterocycles. The summed E-state index contributed by atoms with van der Waals surface area (Å²) in [6.07, 6.45) is -4.64. The first kappa shape index (κ1) is 11.4. The van der Waals surface area contributed by atoms with Crippen LogP contribution in [-0.2, 0) is 9.09 Å². The lowest BCUT2D eigenvalue weighted by Crippen LogP contribution is -1.77. The minimum atomic E-state index is -4.14. The summed E-state index contributed by atoms with van der Waals surface area (Å²) in [6.45, 7) is 0. The highest BCUT2D eigenvalue weighted by molar-refractivity contribution is 7.65. The zero-order valence-electron chi connectivity index (χ0n) is 5.93. The maximum Gasteiger partial charge on any atom is 0.276 e. The Morgan fingerprint density at radius 2 is 1.50 bits per heavy atom. The second kappa shape index (κ2) is 4.42. The van der Waals surface area contributed by atoms with Crippen molar-refractivity contribution in [3.05, 3.63) is 23.8 Å². The molecule has 0 aliphatic carbocycles. The zero-order chi connectivity index (χ0) is 9.78. The van der Waals surface area contributed by atoms with Crippen LogP contribution < -0.4 is 0 Å². The van der Waals surface area contributed by atoms with Crippen molar-refractivity contribution in [1.82, 2.24) is 0 Å². The Hall–Kier alpha value is -0.610. The molecule has 0 radical (unpaired) electrons. The summed E-state index contributed by atoms with van der Waals surface area (Å²) in [7, 11) is -3.33. The van der Waals surface area contributed by atoms with Crippen LogP contribution in [0.5, 0.6) is 0 Å². The summed E-state index contributed by atoms with van der Waals surface area (Å²) < 4.78 is 60.9. The Morgan fingerprint density at radius 1 is 1.17 bits per heavy atom. The summed E-state index contributed by atoms with van der Waals surface area (Å²) in [5, 5.41) is 0. The molecule has 0 N–H and O–H groups in total. The fourth-order valence-corrected chi connectivity index (χ4v) is 1.24. The van der Waals surface area contributed by atoms with Gasteiger partial charge in [-0.05, 0) is 0 Å². The number of hydrogen-bond donors (Lipinski definition) is 0. The first-order chi connectivity index (χ1) is 5.39. The average molecular weight is 204 g/mol. The highest BCUT2D eigenvalue weighted by atomic mass is 31.2. The standard InChI is InChI=1S/C5H5F4O2P/c1-11-12(10,2-4(6)7)3-5(8)9/h2-3H,1H3. The molecule has 0 aromatic rings. The Morgan fingerprint density at radius 3 is 1.67 bits per heavy atom. The Balaban J connectivity index is 4.84. The lowest BCUT2D eigenvalue weighted by Gasteiger charge is -2.03. The average Bonchev–Trinajstić information content (AvgIpc) is 1.83. The molecule has 0 fully saturated rings. The molecule has 0 saturated heterocycles. The van der Waals surface area contributed by atoms with Gasteiger partial charge in [-0.1, -0.05) is 0 Å². The van der Waals surface area contributed by atoms with Crippen molar-refractivity contribution in [2.24, 2.45) is 0 Å². The van der Waals surface area contributed by atoms with Crippen LogP contribution in [0.4, 0.5) is 17.6 Å². The third-order valence-corrected chi connectivity index (χ3v) is 2.52. The highest BCUT2D eigenvalue weighted by Gasteiger charge is 2.18. The van der Waals surface area contributed by atoms with E-state index in [1.807, 2.05) is 0 Å². The molecular formula is C5H5F4O2P. The van der Waals surface area contributed by atoms with E-state index in [0.29, 0.717) is 0 Å². The van der Waals surface area contributed by atoms with Crippen LogP contribution in [0.3, 0.4) is 0 Å². The van der Waals surface area contributed by atoms with Crippen LogP contribution in [0.15, 0.2) is 23.8 Å². The molecule has 0 amide bonds. The van der Waals surface area contributed by atoms with Gasteiger partial charge >= 0.3 is 0 Å². The van der Waals surface area contributed by atoms with Gasteiger partial charge in [0.2, 0.25) is 0 Å². The van der Waals surface area contributed by atoms with E-state index in [9.17, 15) is 22.1 Å². The van der Waals surface area contributed by atoms with Crippen LogP contribution in [0.25, 0.3) is 0 Å². The predicted molar refractivity (Wildman–Crippen MR) is 35.2 cm³/mol. The van der Waals surface area contributed by atoms with Crippen LogP contribution in [0, 0.1) is 0 Å². The second-order valence-electron chi connectivity index (χ2n) is 1.67. The van der Waals surface area contributed by atoms with Crippen LogP contribution >= 0.6 is 7.37 Å². The molecule has 0 unspecified atom stereocenters. The van der Waals surface area contributed by atoms with E-state index in [-0.39, 0.29) is 11.6 Å². The van der Waals surface area contributed by atoms with Crippen LogP contribution in [-0.4, -0.2) is 7.11 Å². The van der Waals surface area contributed by atoms with Gasteiger partial charge in [-0.3, -0.25) is 4.57 Å². The molecule has 0 aliphatic rings. The maximum atomic E-state index is 11.5. The van der Waals surface area contributed by atoms with Gasteiger partial charge in [0.1, 0.15) is 0 Å². The highest BCUT2D eigenvalue weighted by Crippen LogP contribution is 2.51. The Labute approximate surface area is 66.0 Å². The van der Waals surface area contributed by atoms with Crippen molar-refractivity contribution in [2.75, 3.05) is 7.11 Å². The molecule has 0 aromatic carbocycles. The third kappa shape index (κ3) is 4.31. The van der Waals surface area contributed by atoms with Gasteiger partial charge in [0.25, 0.3) is 19.5 Å². The van der Waals surface area contributed by atoms with Crippen molar-refractivity contribution >= 4 is 7.37 Å². The first-order valence-corrected chi connectivity index (χ1v) is 4.39. The molecule has 0 aliphatic heterocycles. The normalized spacial score (nSPS) is 10.8. The van der Waals surface area contributed by atoms with E-state index < -0.39 is 19.5 Å². The smallest absolute Gasteiger partial charge is 0.276 e. The minimum Gasteiger partial charge on any atom is -0.326 e. The summed E-state index contributed by atoms with van der Waals surface area (Å²) >= 11 is 0.